The van der Waals surface area contributed by atoms with E-state index in [9.17, 15) is 0 Å². The minimum absolute atomic E-state index is 0.660. The Kier molecular flexibility index (Phi) is 4.82. The third kappa shape index (κ3) is 3.11. The molecule has 2 atom stereocenters. The zero-order chi connectivity index (χ0) is 15.0. The Bertz CT molecular complexity index is 506. The topological polar surface area (TPSA) is 15.3 Å². The summed E-state index contributed by atoms with van der Waals surface area (Å²) in [5, 5.41) is 4.59. The molecule has 0 spiro atoms. The molecule has 0 saturated carbocycles. The van der Waals surface area contributed by atoms with Crippen LogP contribution in [0.4, 0.5) is 5.69 Å². The molecule has 3 rings (SSSR count). The zero-order valence-corrected chi connectivity index (χ0v) is 15.2. The van der Waals surface area contributed by atoms with E-state index in [-0.39, 0.29) is 0 Å². The van der Waals surface area contributed by atoms with Gasteiger partial charge in [-0.2, -0.15) is 0 Å². The van der Waals surface area contributed by atoms with Crippen LogP contribution in [-0.4, -0.2) is 24.7 Å². The van der Waals surface area contributed by atoms with Gasteiger partial charge in [-0.25, -0.2) is 0 Å². The van der Waals surface area contributed by atoms with Crippen molar-refractivity contribution in [2.45, 2.75) is 64.1 Å². The molecule has 21 heavy (non-hydrogen) atoms. The van der Waals surface area contributed by atoms with Crippen LogP contribution in [0, 0.1) is 6.92 Å². The first kappa shape index (κ1) is 15.6. The van der Waals surface area contributed by atoms with Crippen molar-refractivity contribution >= 4 is 33.2 Å². The van der Waals surface area contributed by atoms with Crippen molar-refractivity contribution in [3.8, 4) is 0 Å². The first-order valence-corrected chi connectivity index (χ1v) is 9.24. The molecule has 0 aromatic heterocycles. The molecule has 1 aromatic rings. The Morgan fingerprint density at radius 2 is 1.95 bits per heavy atom. The molecule has 0 amide bonds. The van der Waals surface area contributed by atoms with Crippen molar-refractivity contribution in [2.75, 3.05) is 11.4 Å². The largest absolute Gasteiger partial charge is 0.364 e. The lowest BCUT2D eigenvalue weighted by molar-refractivity contribution is 0.356. The van der Waals surface area contributed by atoms with E-state index in [1.807, 2.05) is 0 Å². The van der Waals surface area contributed by atoms with Crippen LogP contribution in [0.3, 0.4) is 0 Å². The van der Waals surface area contributed by atoms with Crippen molar-refractivity contribution in [3.63, 3.8) is 0 Å². The van der Waals surface area contributed by atoms with Gasteiger partial charge in [-0.3, -0.25) is 0 Å². The molecule has 2 aliphatic rings. The summed E-state index contributed by atoms with van der Waals surface area (Å²) in [5.41, 5.74) is 2.42. The summed E-state index contributed by atoms with van der Waals surface area (Å²) in [7, 11) is 0. The monoisotopic (exact) mass is 370 g/mol. The van der Waals surface area contributed by atoms with Gasteiger partial charge in [0.25, 0.3) is 0 Å². The molecule has 2 fully saturated rings. The molecular weight excluding hydrogens is 348 g/mol. The van der Waals surface area contributed by atoms with Crippen LogP contribution in [0.1, 0.15) is 44.6 Å². The van der Waals surface area contributed by atoms with Gasteiger partial charge in [-0.15, -0.1) is 0 Å². The molecule has 0 aliphatic carbocycles. The van der Waals surface area contributed by atoms with E-state index in [0.29, 0.717) is 18.1 Å². The van der Waals surface area contributed by atoms with Crippen molar-refractivity contribution in [1.29, 1.82) is 0 Å². The summed E-state index contributed by atoms with van der Waals surface area (Å²) in [6.45, 7) is 5.44. The maximum Gasteiger partial charge on any atom is 0.0530 e. The van der Waals surface area contributed by atoms with Crippen molar-refractivity contribution in [3.05, 3.63) is 27.2 Å². The molecule has 2 heterocycles. The van der Waals surface area contributed by atoms with Crippen molar-refractivity contribution in [2.24, 2.45) is 0 Å². The Morgan fingerprint density at radius 1 is 1.29 bits per heavy atom. The molecule has 2 saturated heterocycles. The third-order valence-corrected chi connectivity index (χ3v) is 5.96. The SMILES string of the molecule is CCCNC1CC2CCC(C1)N2c1cc(Cl)c(C)cc1Br. The predicted octanol–water partition coefficient (Wildman–Crippen LogP) is 4.91. The van der Waals surface area contributed by atoms with E-state index < -0.39 is 0 Å². The van der Waals surface area contributed by atoms with Crippen LogP contribution in [0.2, 0.25) is 5.02 Å². The summed E-state index contributed by atoms with van der Waals surface area (Å²) in [6.07, 6.45) is 6.36. The van der Waals surface area contributed by atoms with Gasteiger partial charge in [0.1, 0.15) is 0 Å². The minimum Gasteiger partial charge on any atom is -0.364 e. The Morgan fingerprint density at radius 3 is 2.57 bits per heavy atom. The van der Waals surface area contributed by atoms with Gasteiger partial charge in [0.05, 0.1) is 5.69 Å². The lowest BCUT2D eigenvalue weighted by Gasteiger charge is -2.41. The number of benzene rings is 1. The van der Waals surface area contributed by atoms with Crippen LogP contribution < -0.4 is 10.2 Å². The van der Waals surface area contributed by atoms with E-state index >= 15 is 0 Å². The van der Waals surface area contributed by atoms with Gasteiger partial charge in [0.15, 0.2) is 0 Å². The summed E-state index contributed by atoms with van der Waals surface area (Å²) in [4.78, 5) is 2.62. The second kappa shape index (κ2) is 6.47. The molecule has 1 N–H and O–H groups in total. The molecule has 2 unspecified atom stereocenters. The highest BCUT2D eigenvalue weighted by Gasteiger charge is 2.41. The fourth-order valence-electron chi connectivity index (χ4n) is 3.92. The fraction of sp³-hybridized carbons (Fsp3) is 0.647. The van der Waals surface area contributed by atoms with Crippen LogP contribution in [-0.2, 0) is 0 Å². The van der Waals surface area contributed by atoms with E-state index in [1.165, 1.54) is 42.3 Å². The van der Waals surface area contributed by atoms with E-state index in [0.717, 1.165) is 17.1 Å². The number of fused-ring (bicyclic) bond motifs is 2. The highest BCUT2D eigenvalue weighted by atomic mass is 79.9. The Balaban J connectivity index is 1.81. The lowest BCUT2D eigenvalue weighted by Crippen LogP contribution is -2.49. The molecule has 0 radical (unpaired) electrons. The number of hydrogen-bond donors (Lipinski definition) is 1. The van der Waals surface area contributed by atoms with Gasteiger partial charge >= 0.3 is 0 Å². The Labute approximate surface area is 141 Å². The molecule has 2 nitrogen and oxygen atoms in total. The number of piperidine rings is 1. The number of aryl methyl sites for hydroxylation is 1. The van der Waals surface area contributed by atoms with Crippen LogP contribution in [0.5, 0.6) is 0 Å². The first-order valence-electron chi connectivity index (χ1n) is 8.07. The standard InChI is InChI=1S/C17H24BrClN2/c1-3-6-20-12-8-13-4-5-14(9-12)21(13)17-10-16(19)11(2)7-15(17)18/h7,10,12-14,20H,3-6,8-9H2,1-2H3. The number of anilines is 1. The highest BCUT2D eigenvalue weighted by Crippen LogP contribution is 2.43. The summed E-state index contributed by atoms with van der Waals surface area (Å²) in [6, 6.07) is 6.31. The lowest BCUT2D eigenvalue weighted by atomic mass is 9.96. The Hall–Kier alpha value is -0.250. The number of hydrogen-bond acceptors (Lipinski definition) is 2. The maximum atomic E-state index is 6.36. The van der Waals surface area contributed by atoms with Crippen LogP contribution in [0.25, 0.3) is 0 Å². The van der Waals surface area contributed by atoms with E-state index in [4.69, 9.17) is 11.6 Å². The zero-order valence-electron chi connectivity index (χ0n) is 12.8. The van der Waals surface area contributed by atoms with Crippen molar-refractivity contribution < 1.29 is 0 Å². The average Bonchev–Trinajstić information content (AvgIpc) is 2.71. The summed E-state index contributed by atoms with van der Waals surface area (Å²) < 4.78 is 1.18. The quantitative estimate of drug-likeness (QED) is 0.809. The summed E-state index contributed by atoms with van der Waals surface area (Å²) >= 11 is 10.1. The van der Waals surface area contributed by atoms with Gasteiger partial charge < -0.3 is 10.2 Å². The van der Waals surface area contributed by atoms with Gasteiger partial charge in [0, 0.05) is 27.6 Å². The summed E-state index contributed by atoms with van der Waals surface area (Å²) in [5.74, 6) is 0. The average molecular weight is 372 g/mol. The number of rotatable bonds is 4. The normalized spacial score (nSPS) is 28.2. The molecule has 4 heteroatoms. The molecule has 116 valence electrons. The number of nitrogens with zero attached hydrogens (tertiary/aromatic N) is 1. The fourth-order valence-corrected chi connectivity index (χ4v) is 4.74. The second-order valence-corrected chi connectivity index (χ2v) is 7.73. The first-order chi connectivity index (χ1) is 10.1. The van der Waals surface area contributed by atoms with E-state index in [1.54, 1.807) is 0 Å². The van der Waals surface area contributed by atoms with Crippen molar-refractivity contribution in [1.82, 2.24) is 5.32 Å². The smallest absolute Gasteiger partial charge is 0.0530 e. The van der Waals surface area contributed by atoms with Crippen LogP contribution in [0.15, 0.2) is 16.6 Å². The molecule has 1 aromatic carbocycles. The number of nitrogens with one attached hydrogen (secondary N) is 1. The molecular formula is C17H24BrClN2. The van der Waals surface area contributed by atoms with Gasteiger partial charge in [-0.1, -0.05) is 18.5 Å². The highest BCUT2D eigenvalue weighted by molar-refractivity contribution is 9.10. The number of halogens is 2. The van der Waals surface area contributed by atoms with Gasteiger partial charge in [-0.05, 0) is 79.2 Å². The third-order valence-electron chi connectivity index (χ3n) is 4.92. The molecule has 2 bridgehead atoms. The van der Waals surface area contributed by atoms with Crippen LogP contribution >= 0.6 is 27.5 Å². The minimum atomic E-state index is 0.660. The van der Waals surface area contributed by atoms with Gasteiger partial charge in [0.2, 0.25) is 0 Å². The maximum absolute atomic E-state index is 6.36. The van der Waals surface area contributed by atoms with E-state index in [2.05, 4.69) is 52.1 Å². The second-order valence-electron chi connectivity index (χ2n) is 6.47. The molecule has 2 aliphatic heterocycles. The predicted molar refractivity (Wildman–Crippen MR) is 94.5 cm³/mol.